The van der Waals surface area contributed by atoms with Crippen LogP contribution in [0.25, 0.3) is 0 Å². The lowest BCUT2D eigenvalue weighted by Gasteiger charge is -2.12. The van der Waals surface area contributed by atoms with Gasteiger partial charge in [0.25, 0.3) is 0 Å². The SMILES string of the molecule is NS(=O)(=O)c1ccc(CNC(=S)NC(=O)CC2CCCC2)cc1. The van der Waals surface area contributed by atoms with Crippen LogP contribution in [0.15, 0.2) is 29.2 Å². The Hall–Kier alpha value is -1.51. The molecule has 126 valence electrons. The highest BCUT2D eigenvalue weighted by Crippen LogP contribution is 2.27. The van der Waals surface area contributed by atoms with Crippen molar-refractivity contribution in [3.63, 3.8) is 0 Å². The van der Waals surface area contributed by atoms with Gasteiger partial charge in [0.2, 0.25) is 15.9 Å². The van der Waals surface area contributed by atoms with Crippen molar-refractivity contribution in [1.82, 2.24) is 10.6 Å². The van der Waals surface area contributed by atoms with Crippen molar-refractivity contribution in [1.29, 1.82) is 0 Å². The van der Waals surface area contributed by atoms with E-state index >= 15 is 0 Å². The van der Waals surface area contributed by atoms with Crippen molar-refractivity contribution in [3.05, 3.63) is 29.8 Å². The summed E-state index contributed by atoms with van der Waals surface area (Å²) in [4.78, 5) is 11.9. The smallest absolute Gasteiger partial charge is 0.238 e. The number of sulfonamides is 1. The van der Waals surface area contributed by atoms with E-state index in [9.17, 15) is 13.2 Å². The molecule has 6 nitrogen and oxygen atoms in total. The van der Waals surface area contributed by atoms with Crippen LogP contribution in [0.4, 0.5) is 0 Å². The van der Waals surface area contributed by atoms with Crippen LogP contribution in [0.2, 0.25) is 0 Å². The Balaban J connectivity index is 1.76. The lowest BCUT2D eigenvalue weighted by Crippen LogP contribution is -2.39. The molecule has 8 heteroatoms. The predicted molar refractivity (Wildman–Crippen MR) is 92.0 cm³/mol. The van der Waals surface area contributed by atoms with Crippen LogP contribution in [-0.4, -0.2) is 19.4 Å². The molecule has 1 aliphatic rings. The van der Waals surface area contributed by atoms with Gasteiger partial charge in [-0.05, 0) is 48.7 Å². The molecule has 0 aromatic heterocycles. The van der Waals surface area contributed by atoms with E-state index in [4.69, 9.17) is 17.4 Å². The monoisotopic (exact) mass is 355 g/mol. The lowest BCUT2D eigenvalue weighted by molar-refractivity contribution is -0.120. The lowest BCUT2D eigenvalue weighted by atomic mass is 10.0. The van der Waals surface area contributed by atoms with E-state index in [0.717, 1.165) is 18.4 Å². The second-order valence-electron chi connectivity index (χ2n) is 5.77. The average Bonchev–Trinajstić information content (AvgIpc) is 2.97. The van der Waals surface area contributed by atoms with Gasteiger partial charge in [0.1, 0.15) is 0 Å². The summed E-state index contributed by atoms with van der Waals surface area (Å²) in [5, 5.41) is 10.9. The number of nitrogens with two attached hydrogens (primary N) is 1. The molecular weight excluding hydrogens is 334 g/mol. The maximum absolute atomic E-state index is 11.9. The number of amides is 1. The fourth-order valence-electron chi connectivity index (χ4n) is 2.68. The summed E-state index contributed by atoms with van der Waals surface area (Å²) < 4.78 is 22.3. The minimum atomic E-state index is -3.68. The van der Waals surface area contributed by atoms with Crippen molar-refractivity contribution in [2.75, 3.05) is 0 Å². The Labute approximate surface area is 141 Å². The number of nitrogens with one attached hydrogen (secondary N) is 2. The van der Waals surface area contributed by atoms with Gasteiger partial charge in [-0.1, -0.05) is 25.0 Å². The molecule has 4 N–H and O–H groups in total. The van der Waals surface area contributed by atoms with Crippen LogP contribution < -0.4 is 15.8 Å². The molecule has 2 rings (SSSR count). The molecule has 23 heavy (non-hydrogen) atoms. The number of hydrogen-bond acceptors (Lipinski definition) is 4. The molecular formula is C15H21N3O3S2. The van der Waals surface area contributed by atoms with E-state index in [2.05, 4.69) is 10.6 Å². The summed E-state index contributed by atoms with van der Waals surface area (Å²) in [6.07, 6.45) is 5.16. The molecule has 1 aliphatic carbocycles. The van der Waals surface area contributed by atoms with Gasteiger partial charge >= 0.3 is 0 Å². The molecule has 0 aliphatic heterocycles. The summed E-state index contributed by atoms with van der Waals surface area (Å²) in [6.45, 7) is 0.396. The molecule has 0 spiro atoms. The third-order valence-corrected chi connectivity index (χ3v) is 5.08. The highest BCUT2D eigenvalue weighted by molar-refractivity contribution is 7.89. The van der Waals surface area contributed by atoms with Crippen molar-refractivity contribution >= 4 is 33.3 Å². The molecule has 1 aromatic rings. The number of rotatable bonds is 5. The van der Waals surface area contributed by atoms with Gasteiger partial charge in [0.15, 0.2) is 5.11 Å². The summed E-state index contributed by atoms with van der Waals surface area (Å²) >= 11 is 5.10. The van der Waals surface area contributed by atoms with Crippen molar-refractivity contribution < 1.29 is 13.2 Å². The Morgan fingerprint density at radius 3 is 2.39 bits per heavy atom. The van der Waals surface area contributed by atoms with Gasteiger partial charge in [0, 0.05) is 13.0 Å². The third kappa shape index (κ3) is 5.89. The minimum absolute atomic E-state index is 0.0565. The van der Waals surface area contributed by atoms with Gasteiger partial charge in [-0.2, -0.15) is 0 Å². The van der Waals surface area contributed by atoms with Crippen LogP contribution >= 0.6 is 12.2 Å². The number of carbonyl (C=O) groups is 1. The Bertz CT molecular complexity index is 666. The zero-order valence-corrected chi connectivity index (χ0v) is 14.4. The fraction of sp³-hybridized carbons (Fsp3) is 0.467. The van der Waals surface area contributed by atoms with Gasteiger partial charge in [-0.3, -0.25) is 4.79 Å². The van der Waals surface area contributed by atoms with Gasteiger partial charge < -0.3 is 10.6 Å². The molecule has 1 fully saturated rings. The van der Waals surface area contributed by atoms with E-state index in [1.165, 1.54) is 25.0 Å². The molecule has 0 atom stereocenters. The first-order valence-corrected chi connectivity index (χ1v) is 9.49. The number of primary sulfonamides is 1. The first-order chi connectivity index (χ1) is 10.8. The summed E-state index contributed by atoms with van der Waals surface area (Å²) in [6, 6.07) is 6.17. The van der Waals surface area contributed by atoms with Crippen LogP contribution in [0.3, 0.4) is 0 Å². The average molecular weight is 355 g/mol. The highest BCUT2D eigenvalue weighted by Gasteiger charge is 2.18. The van der Waals surface area contributed by atoms with Gasteiger partial charge in [0.05, 0.1) is 4.90 Å². The van der Waals surface area contributed by atoms with Crippen molar-refractivity contribution in [3.8, 4) is 0 Å². The minimum Gasteiger partial charge on any atom is -0.358 e. The summed E-state index contributed by atoms with van der Waals surface area (Å²) in [5.41, 5.74) is 0.838. The van der Waals surface area contributed by atoms with Gasteiger partial charge in [-0.25, -0.2) is 13.6 Å². The standard InChI is InChI=1S/C15H21N3O3S2/c16-23(20,21)13-7-5-12(6-8-13)10-17-15(22)18-14(19)9-11-3-1-2-4-11/h5-8,11H,1-4,9-10H2,(H2,16,20,21)(H2,17,18,19,22). The molecule has 1 aromatic carbocycles. The van der Waals surface area contributed by atoms with E-state index in [0.29, 0.717) is 18.9 Å². The zero-order chi connectivity index (χ0) is 16.9. The number of benzene rings is 1. The van der Waals surface area contributed by atoms with Crippen molar-refractivity contribution in [2.24, 2.45) is 11.1 Å². The molecule has 0 radical (unpaired) electrons. The molecule has 0 unspecified atom stereocenters. The Kier molecular flexibility index (Phi) is 6.09. The van der Waals surface area contributed by atoms with Crippen molar-refractivity contribution in [2.45, 2.75) is 43.5 Å². The Morgan fingerprint density at radius 1 is 1.22 bits per heavy atom. The highest BCUT2D eigenvalue weighted by atomic mass is 32.2. The van der Waals surface area contributed by atoms with Gasteiger partial charge in [-0.15, -0.1) is 0 Å². The quantitative estimate of drug-likeness (QED) is 0.693. The largest absolute Gasteiger partial charge is 0.358 e. The number of carbonyl (C=O) groups excluding carboxylic acids is 1. The molecule has 0 heterocycles. The number of hydrogen-bond donors (Lipinski definition) is 3. The topological polar surface area (TPSA) is 101 Å². The van der Waals surface area contributed by atoms with Crippen LogP contribution in [-0.2, 0) is 21.4 Å². The second kappa shape index (κ2) is 7.85. The first-order valence-electron chi connectivity index (χ1n) is 7.54. The first kappa shape index (κ1) is 17.8. The maximum atomic E-state index is 11.9. The maximum Gasteiger partial charge on any atom is 0.238 e. The van der Waals surface area contributed by atoms with Crippen LogP contribution in [0, 0.1) is 5.92 Å². The molecule has 1 amide bonds. The summed E-state index contributed by atoms with van der Waals surface area (Å²) in [5.74, 6) is 0.419. The fourth-order valence-corrected chi connectivity index (χ4v) is 3.38. The zero-order valence-electron chi connectivity index (χ0n) is 12.7. The molecule has 0 saturated heterocycles. The van der Waals surface area contributed by atoms with Crippen LogP contribution in [0.1, 0.15) is 37.7 Å². The normalized spacial score (nSPS) is 15.3. The van der Waals surface area contributed by atoms with E-state index in [1.54, 1.807) is 12.1 Å². The molecule has 0 bridgehead atoms. The summed E-state index contributed by atoms with van der Waals surface area (Å²) in [7, 11) is -3.68. The number of thiocarbonyl (C=S) groups is 1. The van der Waals surface area contributed by atoms with E-state index in [-0.39, 0.29) is 15.9 Å². The second-order valence-corrected chi connectivity index (χ2v) is 7.74. The molecule has 1 saturated carbocycles. The predicted octanol–water partition coefficient (Wildman–Crippen LogP) is 1.40. The van der Waals surface area contributed by atoms with Crippen LogP contribution in [0.5, 0.6) is 0 Å². The Morgan fingerprint density at radius 2 is 1.83 bits per heavy atom. The third-order valence-electron chi connectivity index (χ3n) is 3.91. The van der Waals surface area contributed by atoms with E-state index < -0.39 is 10.0 Å². The van der Waals surface area contributed by atoms with E-state index in [1.807, 2.05) is 0 Å².